The van der Waals surface area contributed by atoms with Crippen LogP contribution in [0.4, 0.5) is 0 Å². The lowest BCUT2D eigenvalue weighted by Gasteiger charge is -2.14. The lowest BCUT2D eigenvalue weighted by Crippen LogP contribution is -2.06. The van der Waals surface area contributed by atoms with Crippen molar-refractivity contribution in [2.24, 2.45) is 5.92 Å². The molecule has 0 fully saturated rings. The Bertz CT molecular complexity index is 624. The molecule has 1 rings (SSSR count). The zero-order chi connectivity index (χ0) is 17.9. The molecule has 0 radical (unpaired) electrons. The summed E-state index contributed by atoms with van der Waals surface area (Å²) in [7, 11) is 3.27. The molecule has 24 heavy (non-hydrogen) atoms. The molecular weight excluding hydrogens is 300 g/mol. The van der Waals surface area contributed by atoms with Gasteiger partial charge in [0.25, 0.3) is 0 Å². The van der Waals surface area contributed by atoms with Crippen molar-refractivity contribution >= 4 is 0 Å². The van der Waals surface area contributed by atoms with Gasteiger partial charge in [-0.1, -0.05) is 24.8 Å². The van der Waals surface area contributed by atoms with Crippen molar-refractivity contribution in [3.63, 3.8) is 0 Å². The van der Waals surface area contributed by atoms with E-state index in [1.807, 2.05) is 37.3 Å². The van der Waals surface area contributed by atoms with Crippen molar-refractivity contribution < 1.29 is 14.6 Å². The summed E-state index contributed by atoms with van der Waals surface area (Å²) >= 11 is 0. The number of methoxy groups -OCH3 is 2. The average Bonchev–Trinajstić information content (AvgIpc) is 2.59. The van der Waals surface area contributed by atoms with E-state index in [-0.39, 0.29) is 12.0 Å². The quantitative estimate of drug-likeness (QED) is 0.401. The SMILES string of the molecule is C#CC[C@@H](/C=C(/C=C/C(=C)[C@@H]1C=CC(O)=CC1)\C=C(/C)OC)OC. The summed E-state index contributed by atoms with van der Waals surface area (Å²) in [6.07, 6.45) is 19.8. The lowest BCUT2D eigenvalue weighted by molar-refractivity contribution is 0.145. The van der Waals surface area contributed by atoms with Crippen LogP contribution in [0.15, 0.2) is 71.8 Å². The summed E-state index contributed by atoms with van der Waals surface area (Å²) < 4.78 is 10.6. The highest BCUT2D eigenvalue weighted by molar-refractivity contribution is 5.38. The standard InChI is InChI=1S/C21H26O3/c1-6-7-21(24-5)15-18(14-17(3)23-4)9-8-16(2)19-10-12-20(22)13-11-19/h1,8-10,12-15,19,21-22H,2,7,11H2,3-5H3/b9-8+,17-14+,18-15-/t19-,21+/m1/s1. The number of ether oxygens (including phenoxy) is 2. The van der Waals surface area contributed by atoms with E-state index in [0.717, 1.165) is 23.3 Å². The molecular formula is C21H26O3. The smallest absolute Gasteiger partial charge is 0.111 e. The Kier molecular flexibility index (Phi) is 8.46. The topological polar surface area (TPSA) is 38.7 Å². The van der Waals surface area contributed by atoms with Crippen molar-refractivity contribution in [2.45, 2.75) is 25.9 Å². The van der Waals surface area contributed by atoms with Gasteiger partial charge in [-0.05, 0) is 48.8 Å². The fraction of sp³-hybridized carbons (Fsp3) is 0.333. The molecule has 2 atom stereocenters. The van der Waals surface area contributed by atoms with Crippen LogP contribution in [-0.4, -0.2) is 25.4 Å². The van der Waals surface area contributed by atoms with Crippen molar-refractivity contribution in [2.75, 3.05) is 14.2 Å². The second-order valence-electron chi connectivity index (χ2n) is 5.55. The van der Waals surface area contributed by atoms with Gasteiger partial charge in [0.2, 0.25) is 0 Å². The Morgan fingerprint density at radius 1 is 1.50 bits per heavy atom. The molecule has 128 valence electrons. The minimum atomic E-state index is -0.154. The number of hydrogen-bond acceptors (Lipinski definition) is 3. The highest BCUT2D eigenvalue weighted by Gasteiger charge is 2.10. The van der Waals surface area contributed by atoms with E-state index in [0.29, 0.717) is 12.2 Å². The summed E-state index contributed by atoms with van der Waals surface area (Å²) in [6.45, 7) is 6.00. The molecule has 3 nitrogen and oxygen atoms in total. The molecule has 1 aliphatic rings. The molecule has 1 N–H and O–H groups in total. The largest absolute Gasteiger partial charge is 0.508 e. The number of hydrogen-bond donors (Lipinski definition) is 1. The molecule has 0 saturated carbocycles. The van der Waals surface area contributed by atoms with Gasteiger partial charge in [0.15, 0.2) is 0 Å². The first-order valence-corrected chi connectivity index (χ1v) is 7.84. The molecule has 0 unspecified atom stereocenters. The predicted octanol–water partition coefficient (Wildman–Crippen LogP) is 4.63. The molecule has 1 aliphatic carbocycles. The van der Waals surface area contributed by atoms with Crippen LogP contribution in [-0.2, 0) is 9.47 Å². The summed E-state index contributed by atoms with van der Waals surface area (Å²) in [5, 5.41) is 9.40. The average molecular weight is 326 g/mol. The Labute approximate surface area is 145 Å². The third-order valence-electron chi connectivity index (χ3n) is 3.74. The summed E-state index contributed by atoms with van der Waals surface area (Å²) in [4.78, 5) is 0. The molecule has 0 heterocycles. The fourth-order valence-electron chi connectivity index (χ4n) is 2.20. The van der Waals surface area contributed by atoms with Crippen molar-refractivity contribution in [3.8, 4) is 12.3 Å². The Hall–Kier alpha value is -2.44. The van der Waals surface area contributed by atoms with E-state index < -0.39 is 0 Å². The van der Waals surface area contributed by atoms with Gasteiger partial charge in [-0.15, -0.1) is 12.3 Å². The maximum atomic E-state index is 9.40. The van der Waals surface area contributed by atoms with Crippen LogP contribution in [0.5, 0.6) is 0 Å². The summed E-state index contributed by atoms with van der Waals surface area (Å²) in [6, 6.07) is 0. The van der Waals surface area contributed by atoms with Crippen molar-refractivity contribution in [1.82, 2.24) is 0 Å². The van der Waals surface area contributed by atoms with Gasteiger partial charge >= 0.3 is 0 Å². The van der Waals surface area contributed by atoms with Gasteiger partial charge in [-0.25, -0.2) is 0 Å². The molecule has 0 bridgehead atoms. The minimum Gasteiger partial charge on any atom is -0.508 e. The number of allylic oxidation sites excluding steroid dienone is 9. The van der Waals surface area contributed by atoms with E-state index in [4.69, 9.17) is 15.9 Å². The van der Waals surface area contributed by atoms with E-state index in [1.165, 1.54) is 0 Å². The maximum absolute atomic E-state index is 9.40. The predicted molar refractivity (Wildman–Crippen MR) is 99.3 cm³/mol. The van der Waals surface area contributed by atoms with E-state index in [9.17, 15) is 5.11 Å². The Balaban J connectivity index is 2.92. The molecule has 0 saturated heterocycles. The van der Waals surface area contributed by atoms with Crippen LogP contribution >= 0.6 is 0 Å². The fourth-order valence-corrected chi connectivity index (χ4v) is 2.20. The molecule has 0 aliphatic heterocycles. The Morgan fingerprint density at radius 2 is 2.25 bits per heavy atom. The van der Waals surface area contributed by atoms with Gasteiger partial charge in [-0.2, -0.15) is 0 Å². The molecule has 0 aromatic carbocycles. The minimum absolute atomic E-state index is 0.154. The van der Waals surface area contributed by atoms with Gasteiger partial charge in [0.05, 0.1) is 19.0 Å². The number of aliphatic hydroxyl groups excluding tert-OH is 1. The number of aliphatic hydroxyl groups is 1. The Morgan fingerprint density at radius 3 is 2.79 bits per heavy atom. The van der Waals surface area contributed by atoms with Crippen LogP contribution < -0.4 is 0 Å². The third kappa shape index (κ3) is 6.76. The second-order valence-corrected chi connectivity index (χ2v) is 5.55. The van der Waals surface area contributed by atoms with Gasteiger partial charge in [-0.3, -0.25) is 0 Å². The van der Waals surface area contributed by atoms with E-state index in [2.05, 4.69) is 12.5 Å². The summed E-state index contributed by atoms with van der Waals surface area (Å²) in [5.74, 6) is 3.89. The van der Waals surface area contributed by atoms with Crippen LogP contribution in [0.3, 0.4) is 0 Å². The molecule has 0 aromatic heterocycles. The van der Waals surface area contributed by atoms with E-state index in [1.54, 1.807) is 26.4 Å². The molecule has 0 spiro atoms. The third-order valence-corrected chi connectivity index (χ3v) is 3.74. The highest BCUT2D eigenvalue weighted by Crippen LogP contribution is 2.23. The van der Waals surface area contributed by atoms with Gasteiger partial charge in [0.1, 0.15) is 5.76 Å². The van der Waals surface area contributed by atoms with Crippen LogP contribution in [0.25, 0.3) is 0 Å². The second kappa shape index (κ2) is 10.4. The number of terminal acetylenes is 1. The van der Waals surface area contributed by atoms with Crippen LogP contribution in [0.2, 0.25) is 0 Å². The molecule has 0 amide bonds. The van der Waals surface area contributed by atoms with Gasteiger partial charge < -0.3 is 14.6 Å². The molecule has 0 aromatic rings. The zero-order valence-electron chi connectivity index (χ0n) is 14.7. The maximum Gasteiger partial charge on any atom is 0.111 e. The monoisotopic (exact) mass is 326 g/mol. The normalized spacial score (nSPS) is 19.8. The van der Waals surface area contributed by atoms with Gasteiger partial charge in [0, 0.05) is 19.4 Å². The van der Waals surface area contributed by atoms with Crippen molar-refractivity contribution in [1.29, 1.82) is 0 Å². The summed E-state index contributed by atoms with van der Waals surface area (Å²) in [5.41, 5.74) is 1.91. The zero-order valence-corrected chi connectivity index (χ0v) is 14.7. The highest BCUT2D eigenvalue weighted by atomic mass is 16.5. The first kappa shape index (κ1) is 19.6. The lowest BCUT2D eigenvalue weighted by atomic mass is 9.92. The first-order chi connectivity index (χ1) is 11.5. The van der Waals surface area contributed by atoms with Crippen molar-refractivity contribution in [3.05, 3.63) is 71.8 Å². The number of rotatable bonds is 8. The van der Waals surface area contributed by atoms with Crippen LogP contribution in [0, 0.1) is 18.3 Å². The van der Waals surface area contributed by atoms with E-state index >= 15 is 0 Å². The van der Waals surface area contributed by atoms with Crippen LogP contribution in [0.1, 0.15) is 19.8 Å². The molecule has 3 heteroatoms. The first-order valence-electron chi connectivity index (χ1n) is 7.84.